The number of hydrogen-bond donors (Lipinski definition) is 2. The van der Waals surface area contributed by atoms with Crippen LogP contribution in [0.5, 0.6) is 0 Å². The first-order chi connectivity index (χ1) is 9.06. The van der Waals surface area contributed by atoms with Crippen molar-refractivity contribution in [3.05, 3.63) is 35.8 Å². The third-order valence-corrected chi connectivity index (χ3v) is 3.24. The van der Waals surface area contributed by atoms with Gasteiger partial charge in [0.1, 0.15) is 23.2 Å². The van der Waals surface area contributed by atoms with Gasteiger partial charge in [-0.25, -0.2) is 9.82 Å². The molecule has 2 atom stereocenters. The van der Waals surface area contributed by atoms with Crippen LogP contribution in [0.15, 0.2) is 28.7 Å². The number of methoxy groups -OCH3 is 1. The van der Waals surface area contributed by atoms with Crippen LogP contribution in [0.4, 0.5) is 4.39 Å². The van der Waals surface area contributed by atoms with Crippen LogP contribution in [-0.4, -0.2) is 13.2 Å². The van der Waals surface area contributed by atoms with Gasteiger partial charge in [-0.1, -0.05) is 13.8 Å². The molecule has 0 spiro atoms. The van der Waals surface area contributed by atoms with E-state index in [9.17, 15) is 4.39 Å². The minimum absolute atomic E-state index is 0.129. The maximum Gasteiger partial charge on any atom is 0.134 e. The Balaban J connectivity index is 2.40. The van der Waals surface area contributed by atoms with E-state index in [0.717, 1.165) is 0 Å². The summed E-state index contributed by atoms with van der Waals surface area (Å²) in [5, 5.41) is 0.717. The molecule has 5 heteroatoms. The van der Waals surface area contributed by atoms with Crippen LogP contribution in [0.25, 0.3) is 11.0 Å². The van der Waals surface area contributed by atoms with E-state index in [1.807, 2.05) is 13.8 Å². The molecule has 2 aromatic rings. The lowest BCUT2D eigenvalue weighted by Crippen LogP contribution is -2.40. The number of rotatable bonds is 5. The summed E-state index contributed by atoms with van der Waals surface area (Å²) in [6.45, 7) is 4.08. The van der Waals surface area contributed by atoms with Crippen LogP contribution < -0.4 is 11.3 Å². The van der Waals surface area contributed by atoms with Crippen LogP contribution in [0.2, 0.25) is 0 Å². The number of nitrogens with one attached hydrogen (secondary N) is 1. The normalized spacial score (nSPS) is 15.1. The van der Waals surface area contributed by atoms with Gasteiger partial charge in [0.2, 0.25) is 0 Å². The Hall–Kier alpha value is -1.43. The van der Waals surface area contributed by atoms with Crippen molar-refractivity contribution >= 4 is 11.0 Å². The quantitative estimate of drug-likeness (QED) is 0.645. The largest absolute Gasteiger partial charge is 0.459 e. The summed E-state index contributed by atoms with van der Waals surface area (Å²) in [6.07, 6.45) is -0.129. The SMILES string of the molecule is COC(C(C)C)C(NN)c1cc2cc(F)ccc2o1. The summed E-state index contributed by atoms with van der Waals surface area (Å²) in [5.74, 6) is 6.22. The van der Waals surface area contributed by atoms with Gasteiger partial charge >= 0.3 is 0 Å². The highest BCUT2D eigenvalue weighted by atomic mass is 19.1. The molecular formula is C14H19FN2O2. The number of furan rings is 1. The zero-order valence-electron chi connectivity index (χ0n) is 11.3. The summed E-state index contributed by atoms with van der Waals surface area (Å²) in [5.41, 5.74) is 3.35. The van der Waals surface area contributed by atoms with Crippen LogP contribution in [0.1, 0.15) is 25.6 Å². The zero-order chi connectivity index (χ0) is 14.0. The molecule has 0 bridgehead atoms. The fourth-order valence-corrected chi connectivity index (χ4v) is 2.32. The molecular weight excluding hydrogens is 247 g/mol. The van der Waals surface area contributed by atoms with Crippen molar-refractivity contribution in [1.29, 1.82) is 0 Å². The predicted molar refractivity (Wildman–Crippen MR) is 71.9 cm³/mol. The van der Waals surface area contributed by atoms with E-state index in [0.29, 0.717) is 16.7 Å². The average molecular weight is 266 g/mol. The Labute approximate surface area is 111 Å². The van der Waals surface area contributed by atoms with Gasteiger partial charge < -0.3 is 9.15 Å². The first kappa shape index (κ1) is 14.0. The summed E-state index contributed by atoms with van der Waals surface area (Å²) in [4.78, 5) is 0. The number of nitrogens with two attached hydrogens (primary N) is 1. The molecule has 3 N–H and O–H groups in total. The molecule has 1 aromatic heterocycles. The Morgan fingerprint density at radius 3 is 2.63 bits per heavy atom. The number of fused-ring (bicyclic) bond motifs is 1. The fraction of sp³-hybridized carbons (Fsp3) is 0.429. The summed E-state index contributed by atoms with van der Waals surface area (Å²) in [6, 6.07) is 5.93. The lowest BCUT2D eigenvalue weighted by molar-refractivity contribution is 0.0269. The van der Waals surface area contributed by atoms with E-state index in [1.54, 1.807) is 19.2 Å². The molecule has 104 valence electrons. The van der Waals surface area contributed by atoms with Gasteiger partial charge in [0.25, 0.3) is 0 Å². The van der Waals surface area contributed by atoms with E-state index in [1.165, 1.54) is 12.1 Å². The zero-order valence-corrected chi connectivity index (χ0v) is 11.3. The minimum atomic E-state index is -0.288. The monoisotopic (exact) mass is 266 g/mol. The van der Waals surface area contributed by atoms with Gasteiger partial charge in [0.05, 0.1) is 6.10 Å². The van der Waals surface area contributed by atoms with Gasteiger partial charge in [-0.2, -0.15) is 0 Å². The second-order valence-corrected chi connectivity index (χ2v) is 4.92. The number of ether oxygens (including phenoxy) is 1. The Bertz CT molecular complexity index is 553. The van der Waals surface area contributed by atoms with E-state index in [-0.39, 0.29) is 23.9 Å². The molecule has 0 amide bonds. The topological polar surface area (TPSA) is 60.4 Å². The van der Waals surface area contributed by atoms with Crippen LogP contribution in [-0.2, 0) is 4.74 Å². The molecule has 0 aliphatic rings. The lowest BCUT2D eigenvalue weighted by atomic mass is 9.98. The Kier molecular flexibility index (Phi) is 4.19. The minimum Gasteiger partial charge on any atom is -0.459 e. The molecule has 0 saturated carbocycles. The van der Waals surface area contributed by atoms with Crippen LogP contribution in [0.3, 0.4) is 0 Å². The molecule has 0 aliphatic carbocycles. The average Bonchev–Trinajstić information content (AvgIpc) is 2.77. The van der Waals surface area contributed by atoms with E-state index >= 15 is 0 Å². The molecule has 0 radical (unpaired) electrons. The first-order valence-electron chi connectivity index (χ1n) is 6.24. The highest BCUT2D eigenvalue weighted by Gasteiger charge is 2.27. The van der Waals surface area contributed by atoms with Crippen molar-refractivity contribution in [2.75, 3.05) is 7.11 Å². The van der Waals surface area contributed by atoms with Gasteiger partial charge in [0, 0.05) is 12.5 Å². The molecule has 1 heterocycles. The summed E-state index contributed by atoms with van der Waals surface area (Å²) in [7, 11) is 1.64. The lowest BCUT2D eigenvalue weighted by Gasteiger charge is -2.26. The van der Waals surface area contributed by atoms with Crippen molar-refractivity contribution in [3.8, 4) is 0 Å². The number of benzene rings is 1. The molecule has 4 nitrogen and oxygen atoms in total. The third-order valence-electron chi connectivity index (χ3n) is 3.24. The smallest absolute Gasteiger partial charge is 0.134 e. The van der Waals surface area contributed by atoms with Crippen LogP contribution in [0, 0.1) is 11.7 Å². The molecule has 1 aromatic carbocycles. The van der Waals surface area contributed by atoms with Gasteiger partial charge in [-0.3, -0.25) is 5.84 Å². The van der Waals surface area contributed by atoms with E-state index < -0.39 is 0 Å². The highest BCUT2D eigenvalue weighted by Crippen LogP contribution is 2.29. The van der Waals surface area contributed by atoms with Crippen molar-refractivity contribution in [1.82, 2.24) is 5.43 Å². The Morgan fingerprint density at radius 1 is 1.32 bits per heavy atom. The summed E-state index contributed by atoms with van der Waals surface area (Å²) >= 11 is 0. The Morgan fingerprint density at radius 2 is 2.05 bits per heavy atom. The maximum absolute atomic E-state index is 13.2. The van der Waals surface area contributed by atoms with Crippen molar-refractivity contribution in [2.45, 2.75) is 26.0 Å². The van der Waals surface area contributed by atoms with E-state index in [2.05, 4.69) is 5.43 Å². The standard InChI is InChI=1S/C14H19FN2O2/c1-8(2)14(18-3)13(17-16)12-7-9-6-10(15)4-5-11(9)19-12/h4-8,13-14,17H,16H2,1-3H3. The maximum atomic E-state index is 13.2. The van der Waals surface area contributed by atoms with Crippen molar-refractivity contribution in [3.63, 3.8) is 0 Å². The van der Waals surface area contributed by atoms with Crippen molar-refractivity contribution < 1.29 is 13.5 Å². The van der Waals surface area contributed by atoms with Crippen LogP contribution >= 0.6 is 0 Å². The second-order valence-electron chi connectivity index (χ2n) is 4.92. The molecule has 19 heavy (non-hydrogen) atoms. The molecule has 0 fully saturated rings. The number of hydrogen-bond acceptors (Lipinski definition) is 4. The molecule has 2 unspecified atom stereocenters. The predicted octanol–water partition coefficient (Wildman–Crippen LogP) is 2.75. The van der Waals surface area contributed by atoms with Gasteiger partial charge in [0.15, 0.2) is 0 Å². The first-order valence-corrected chi connectivity index (χ1v) is 6.24. The highest BCUT2D eigenvalue weighted by molar-refractivity contribution is 5.78. The number of halogens is 1. The summed E-state index contributed by atoms with van der Waals surface area (Å²) < 4.78 is 24.4. The molecule has 0 aliphatic heterocycles. The second kappa shape index (κ2) is 5.69. The number of hydrazine groups is 1. The molecule has 0 saturated heterocycles. The van der Waals surface area contributed by atoms with E-state index in [4.69, 9.17) is 15.0 Å². The van der Waals surface area contributed by atoms with Gasteiger partial charge in [-0.15, -0.1) is 0 Å². The van der Waals surface area contributed by atoms with Crippen molar-refractivity contribution in [2.24, 2.45) is 11.8 Å². The molecule has 2 rings (SSSR count). The van der Waals surface area contributed by atoms with Gasteiger partial charge in [-0.05, 0) is 30.2 Å². The fourth-order valence-electron chi connectivity index (χ4n) is 2.32. The third kappa shape index (κ3) is 2.78.